The fourth-order valence-corrected chi connectivity index (χ4v) is 3.65. The minimum absolute atomic E-state index is 0.585. The number of piperazine rings is 1. The molecule has 2 unspecified atom stereocenters. The molecule has 3 nitrogen and oxygen atoms in total. The van der Waals surface area contributed by atoms with Crippen LogP contribution in [-0.4, -0.2) is 36.6 Å². The predicted molar refractivity (Wildman–Crippen MR) is 80.4 cm³/mol. The summed E-state index contributed by atoms with van der Waals surface area (Å²) in [7, 11) is 0. The number of benzene rings is 1. The number of hydrogen-bond donors (Lipinski definition) is 1. The highest BCUT2D eigenvalue weighted by molar-refractivity contribution is 5.55. The number of fused-ring (bicyclic) bond motifs is 1. The third-order valence-electron chi connectivity index (χ3n) is 4.71. The average Bonchev–Trinajstić information content (AvgIpc) is 2.46. The Morgan fingerprint density at radius 3 is 2.89 bits per heavy atom. The molecule has 104 valence electrons. The van der Waals surface area contributed by atoms with Gasteiger partial charge in [-0.25, -0.2) is 0 Å². The topological polar surface area (TPSA) is 32.5 Å². The Hall–Kier alpha value is -1.06. The molecular formula is C16H25N3. The van der Waals surface area contributed by atoms with Gasteiger partial charge in [0, 0.05) is 37.4 Å². The summed E-state index contributed by atoms with van der Waals surface area (Å²) in [6, 6.07) is 9.95. The first-order chi connectivity index (χ1) is 9.29. The summed E-state index contributed by atoms with van der Waals surface area (Å²) in [4.78, 5) is 5.27. The first-order valence-electron chi connectivity index (χ1n) is 7.58. The van der Waals surface area contributed by atoms with Crippen LogP contribution in [0, 0.1) is 0 Å². The van der Waals surface area contributed by atoms with Crippen molar-refractivity contribution in [2.24, 2.45) is 5.73 Å². The standard InChI is InChI=1S/C16H25N3/c1-13-11-18-9-5-4-7-15(18)12-19(13)16-8-3-2-6-14(16)10-17/h2-3,6,8,13,15H,4-5,7,9-12,17H2,1H3. The first kappa shape index (κ1) is 12.9. The zero-order chi connectivity index (χ0) is 13.2. The Kier molecular flexibility index (Phi) is 3.76. The van der Waals surface area contributed by atoms with Crippen molar-refractivity contribution in [3.63, 3.8) is 0 Å². The van der Waals surface area contributed by atoms with Gasteiger partial charge in [0.2, 0.25) is 0 Å². The van der Waals surface area contributed by atoms with E-state index in [1.165, 1.54) is 43.6 Å². The first-order valence-corrected chi connectivity index (χ1v) is 7.58. The van der Waals surface area contributed by atoms with Crippen molar-refractivity contribution in [2.75, 3.05) is 24.5 Å². The van der Waals surface area contributed by atoms with Crippen molar-refractivity contribution in [2.45, 2.75) is 44.8 Å². The number of hydrogen-bond acceptors (Lipinski definition) is 3. The number of piperidine rings is 1. The summed E-state index contributed by atoms with van der Waals surface area (Å²) in [5.41, 5.74) is 8.52. The van der Waals surface area contributed by atoms with Crippen LogP contribution >= 0.6 is 0 Å². The van der Waals surface area contributed by atoms with Crippen molar-refractivity contribution >= 4 is 5.69 Å². The molecule has 1 aromatic carbocycles. The Balaban J connectivity index is 1.83. The van der Waals surface area contributed by atoms with Crippen LogP contribution in [0.2, 0.25) is 0 Å². The van der Waals surface area contributed by atoms with Crippen molar-refractivity contribution in [3.05, 3.63) is 29.8 Å². The van der Waals surface area contributed by atoms with Gasteiger partial charge in [-0.2, -0.15) is 0 Å². The van der Waals surface area contributed by atoms with Gasteiger partial charge >= 0.3 is 0 Å². The Morgan fingerprint density at radius 1 is 1.21 bits per heavy atom. The highest BCUT2D eigenvalue weighted by Crippen LogP contribution is 2.29. The largest absolute Gasteiger partial charge is 0.366 e. The summed E-state index contributed by atoms with van der Waals surface area (Å²) in [5, 5.41) is 0. The molecule has 3 rings (SSSR count). The smallest absolute Gasteiger partial charge is 0.0415 e. The van der Waals surface area contributed by atoms with Gasteiger partial charge in [-0.05, 0) is 37.9 Å². The van der Waals surface area contributed by atoms with Gasteiger partial charge in [0.25, 0.3) is 0 Å². The molecule has 0 aliphatic carbocycles. The van der Waals surface area contributed by atoms with Crippen LogP contribution < -0.4 is 10.6 Å². The quantitative estimate of drug-likeness (QED) is 0.884. The zero-order valence-corrected chi connectivity index (χ0v) is 11.9. The number of para-hydroxylation sites is 1. The molecule has 3 heteroatoms. The summed E-state index contributed by atoms with van der Waals surface area (Å²) >= 11 is 0. The van der Waals surface area contributed by atoms with E-state index in [1.807, 2.05) is 0 Å². The third kappa shape index (κ3) is 2.49. The van der Waals surface area contributed by atoms with Crippen LogP contribution in [0.5, 0.6) is 0 Å². The van der Waals surface area contributed by atoms with Gasteiger partial charge in [0.1, 0.15) is 0 Å². The predicted octanol–water partition coefficient (Wildman–Crippen LogP) is 2.21. The van der Waals surface area contributed by atoms with Gasteiger partial charge in [0.05, 0.1) is 0 Å². The summed E-state index contributed by atoms with van der Waals surface area (Å²) in [5.74, 6) is 0. The normalized spacial score (nSPS) is 28.2. The Labute approximate surface area is 116 Å². The van der Waals surface area contributed by atoms with E-state index in [0.717, 1.165) is 12.6 Å². The second-order valence-corrected chi connectivity index (χ2v) is 5.98. The molecule has 2 aliphatic rings. The Bertz CT molecular complexity index is 432. The van der Waals surface area contributed by atoms with Crippen LogP contribution in [0.1, 0.15) is 31.7 Å². The van der Waals surface area contributed by atoms with E-state index in [9.17, 15) is 0 Å². The lowest BCUT2D eigenvalue weighted by Gasteiger charge is -2.48. The van der Waals surface area contributed by atoms with Crippen LogP contribution in [-0.2, 0) is 6.54 Å². The molecule has 0 aromatic heterocycles. The fourth-order valence-electron chi connectivity index (χ4n) is 3.65. The molecule has 0 saturated carbocycles. The van der Waals surface area contributed by atoms with Crippen molar-refractivity contribution in [1.29, 1.82) is 0 Å². The van der Waals surface area contributed by atoms with E-state index in [0.29, 0.717) is 12.6 Å². The maximum atomic E-state index is 5.90. The molecule has 2 N–H and O–H groups in total. The van der Waals surface area contributed by atoms with Crippen LogP contribution in [0.25, 0.3) is 0 Å². The van der Waals surface area contributed by atoms with Crippen LogP contribution in [0.4, 0.5) is 5.69 Å². The van der Waals surface area contributed by atoms with Crippen molar-refractivity contribution in [1.82, 2.24) is 4.90 Å². The molecule has 2 aliphatic heterocycles. The minimum Gasteiger partial charge on any atom is -0.366 e. The average molecular weight is 259 g/mol. The van der Waals surface area contributed by atoms with E-state index in [-0.39, 0.29) is 0 Å². The van der Waals surface area contributed by atoms with Crippen LogP contribution in [0.15, 0.2) is 24.3 Å². The van der Waals surface area contributed by atoms with Gasteiger partial charge in [-0.15, -0.1) is 0 Å². The molecule has 19 heavy (non-hydrogen) atoms. The molecule has 1 aromatic rings. The highest BCUT2D eigenvalue weighted by Gasteiger charge is 2.33. The molecule has 2 saturated heterocycles. The Morgan fingerprint density at radius 2 is 2.05 bits per heavy atom. The zero-order valence-electron chi connectivity index (χ0n) is 11.9. The molecular weight excluding hydrogens is 234 g/mol. The molecule has 2 heterocycles. The SMILES string of the molecule is CC1CN2CCCCC2CN1c1ccccc1CN. The lowest BCUT2D eigenvalue weighted by molar-refractivity contribution is 0.115. The minimum atomic E-state index is 0.585. The van der Waals surface area contributed by atoms with E-state index in [2.05, 4.69) is 41.0 Å². The highest BCUT2D eigenvalue weighted by atomic mass is 15.3. The number of rotatable bonds is 2. The molecule has 0 spiro atoms. The summed E-state index contributed by atoms with van der Waals surface area (Å²) < 4.78 is 0. The number of anilines is 1. The molecule has 0 bridgehead atoms. The molecule has 0 amide bonds. The van der Waals surface area contributed by atoms with E-state index in [1.54, 1.807) is 0 Å². The van der Waals surface area contributed by atoms with Crippen molar-refractivity contribution < 1.29 is 0 Å². The second-order valence-electron chi connectivity index (χ2n) is 5.98. The van der Waals surface area contributed by atoms with E-state index in [4.69, 9.17) is 5.73 Å². The number of nitrogens with two attached hydrogens (primary N) is 1. The van der Waals surface area contributed by atoms with Gasteiger partial charge < -0.3 is 10.6 Å². The van der Waals surface area contributed by atoms with Crippen LogP contribution in [0.3, 0.4) is 0 Å². The maximum absolute atomic E-state index is 5.90. The third-order valence-corrected chi connectivity index (χ3v) is 4.71. The van der Waals surface area contributed by atoms with Crippen molar-refractivity contribution in [3.8, 4) is 0 Å². The molecule has 2 atom stereocenters. The number of nitrogens with zero attached hydrogens (tertiary/aromatic N) is 2. The lowest BCUT2D eigenvalue weighted by Crippen LogP contribution is -2.59. The molecule has 2 fully saturated rings. The molecule has 0 radical (unpaired) electrons. The monoisotopic (exact) mass is 259 g/mol. The summed E-state index contributed by atoms with van der Waals surface area (Å²) in [6.45, 7) is 6.63. The van der Waals surface area contributed by atoms with Gasteiger partial charge in [-0.1, -0.05) is 24.6 Å². The maximum Gasteiger partial charge on any atom is 0.0415 e. The van der Waals surface area contributed by atoms with Gasteiger partial charge in [-0.3, -0.25) is 4.90 Å². The summed E-state index contributed by atoms with van der Waals surface area (Å²) in [6.07, 6.45) is 4.12. The lowest BCUT2D eigenvalue weighted by atomic mass is 9.96. The second kappa shape index (κ2) is 5.51. The van der Waals surface area contributed by atoms with E-state index < -0.39 is 0 Å². The van der Waals surface area contributed by atoms with Gasteiger partial charge in [0.15, 0.2) is 0 Å². The van der Waals surface area contributed by atoms with E-state index >= 15 is 0 Å². The fraction of sp³-hybridized carbons (Fsp3) is 0.625.